The van der Waals surface area contributed by atoms with Gasteiger partial charge >= 0.3 is 0 Å². The molecule has 0 atom stereocenters. The molecular formula is C20H10F2. The lowest BCUT2D eigenvalue weighted by Crippen LogP contribution is -1.84. The summed E-state index contributed by atoms with van der Waals surface area (Å²) in [6.45, 7) is 0. The third kappa shape index (κ3) is 1.34. The van der Waals surface area contributed by atoms with E-state index >= 15 is 0 Å². The Morgan fingerprint density at radius 2 is 1.36 bits per heavy atom. The van der Waals surface area contributed by atoms with Crippen molar-refractivity contribution in [3.63, 3.8) is 0 Å². The average Bonchev–Trinajstić information content (AvgIpc) is 2.84. The predicted octanol–water partition coefficient (Wildman–Crippen LogP) is 5.92. The molecule has 22 heavy (non-hydrogen) atoms. The summed E-state index contributed by atoms with van der Waals surface area (Å²) >= 11 is 0. The Kier molecular flexibility index (Phi) is 2.11. The van der Waals surface area contributed by atoms with Gasteiger partial charge in [0.15, 0.2) is 0 Å². The lowest BCUT2D eigenvalue weighted by atomic mass is 9.96. The third-order valence-electron chi connectivity index (χ3n) is 4.53. The zero-order valence-corrected chi connectivity index (χ0v) is 11.5. The standard InChI is InChI=1S/C20H10F2/c21-11-7-8-13-15-5-1-4-14-12-3-2-6-19(22)17(12)10-18(20(14)15)16(13)9-11/h1-10H. The molecule has 4 aromatic carbocycles. The van der Waals surface area contributed by atoms with E-state index in [-0.39, 0.29) is 11.6 Å². The number of hydrogen-bond acceptors (Lipinski definition) is 0. The number of benzene rings is 4. The van der Waals surface area contributed by atoms with Crippen molar-refractivity contribution < 1.29 is 8.78 Å². The van der Waals surface area contributed by atoms with Gasteiger partial charge in [-0.2, -0.15) is 0 Å². The molecule has 4 aromatic rings. The van der Waals surface area contributed by atoms with Crippen LogP contribution in [0.1, 0.15) is 0 Å². The fourth-order valence-electron chi connectivity index (χ4n) is 3.61. The summed E-state index contributed by atoms with van der Waals surface area (Å²) < 4.78 is 27.9. The van der Waals surface area contributed by atoms with E-state index in [0.717, 1.165) is 38.4 Å². The molecule has 0 spiro atoms. The third-order valence-corrected chi connectivity index (χ3v) is 4.53. The van der Waals surface area contributed by atoms with Crippen LogP contribution in [0.15, 0.2) is 60.7 Å². The summed E-state index contributed by atoms with van der Waals surface area (Å²) in [6, 6.07) is 17.8. The van der Waals surface area contributed by atoms with Gasteiger partial charge in [0.25, 0.3) is 0 Å². The number of fused-ring (bicyclic) bond motifs is 5. The maximum Gasteiger partial charge on any atom is 0.131 e. The highest BCUT2D eigenvalue weighted by Gasteiger charge is 2.23. The maximum absolute atomic E-state index is 14.2. The van der Waals surface area contributed by atoms with Crippen LogP contribution in [0.25, 0.3) is 43.8 Å². The van der Waals surface area contributed by atoms with E-state index in [2.05, 4.69) is 0 Å². The van der Waals surface area contributed by atoms with Gasteiger partial charge < -0.3 is 0 Å². The van der Waals surface area contributed by atoms with Crippen LogP contribution in [-0.2, 0) is 0 Å². The first-order chi connectivity index (χ1) is 10.7. The van der Waals surface area contributed by atoms with E-state index in [4.69, 9.17) is 0 Å². The van der Waals surface area contributed by atoms with Crippen LogP contribution < -0.4 is 0 Å². The van der Waals surface area contributed by atoms with Crippen molar-refractivity contribution in [2.24, 2.45) is 0 Å². The van der Waals surface area contributed by atoms with Crippen LogP contribution in [-0.4, -0.2) is 0 Å². The molecule has 0 saturated carbocycles. The summed E-state index contributed by atoms with van der Waals surface area (Å²) in [7, 11) is 0. The smallest absolute Gasteiger partial charge is 0.131 e. The van der Waals surface area contributed by atoms with E-state index < -0.39 is 0 Å². The molecule has 2 heteroatoms. The van der Waals surface area contributed by atoms with Crippen LogP contribution in [0.2, 0.25) is 0 Å². The fourth-order valence-corrected chi connectivity index (χ4v) is 3.61. The van der Waals surface area contributed by atoms with Crippen LogP contribution in [0.3, 0.4) is 0 Å². The molecule has 0 bridgehead atoms. The molecule has 0 radical (unpaired) electrons. The van der Waals surface area contributed by atoms with Crippen LogP contribution in [0.4, 0.5) is 8.78 Å². The molecule has 0 N–H and O–H groups in total. The second-order valence-electron chi connectivity index (χ2n) is 5.68. The summed E-state index contributed by atoms with van der Waals surface area (Å²) in [5.41, 5.74) is 3.86. The first-order valence-electron chi connectivity index (χ1n) is 7.18. The zero-order chi connectivity index (χ0) is 14.8. The number of hydrogen-bond donors (Lipinski definition) is 0. The van der Waals surface area contributed by atoms with Gasteiger partial charge in [-0.15, -0.1) is 0 Å². The Labute approximate surface area is 125 Å². The molecule has 0 fully saturated rings. The summed E-state index contributed by atoms with van der Waals surface area (Å²) in [4.78, 5) is 0. The van der Waals surface area contributed by atoms with E-state index in [0.29, 0.717) is 5.39 Å². The molecule has 1 aliphatic carbocycles. The first-order valence-corrected chi connectivity index (χ1v) is 7.18. The maximum atomic E-state index is 14.2. The lowest BCUT2D eigenvalue weighted by molar-refractivity contribution is 0.628. The fraction of sp³-hybridized carbons (Fsp3) is 0. The van der Waals surface area contributed by atoms with Crippen molar-refractivity contribution in [3.8, 4) is 22.3 Å². The second kappa shape index (κ2) is 3.92. The minimum atomic E-state index is -0.270. The molecular weight excluding hydrogens is 278 g/mol. The monoisotopic (exact) mass is 288 g/mol. The van der Waals surface area contributed by atoms with Crippen LogP contribution in [0, 0.1) is 11.6 Å². The number of rotatable bonds is 0. The first kappa shape index (κ1) is 11.9. The van der Waals surface area contributed by atoms with Crippen molar-refractivity contribution in [1.29, 1.82) is 0 Å². The number of halogens is 2. The van der Waals surface area contributed by atoms with Crippen LogP contribution in [0.5, 0.6) is 0 Å². The molecule has 104 valence electrons. The normalized spacial score (nSPS) is 12.1. The van der Waals surface area contributed by atoms with Gasteiger partial charge in [0.2, 0.25) is 0 Å². The summed E-state index contributed by atoms with van der Waals surface area (Å²) in [5.74, 6) is -0.515. The molecule has 1 aliphatic rings. The largest absolute Gasteiger partial charge is 0.207 e. The average molecular weight is 288 g/mol. The lowest BCUT2D eigenvalue weighted by Gasteiger charge is -2.08. The molecule has 0 aromatic heterocycles. The van der Waals surface area contributed by atoms with Gasteiger partial charge in [-0.05, 0) is 62.7 Å². The Morgan fingerprint density at radius 3 is 2.27 bits per heavy atom. The van der Waals surface area contributed by atoms with Crippen molar-refractivity contribution in [2.45, 2.75) is 0 Å². The van der Waals surface area contributed by atoms with Crippen LogP contribution >= 0.6 is 0 Å². The van der Waals surface area contributed by atoms with Crippen molar-refractivity contribution in [2.75, 3.05) is 0 Å². The Hall–Kier alpha value is -2.74. The van der Waals surface area contributed by atoms with E-state index in [1.165, 1.54) is 18.2 Å². The van der Waals surface area contributed by atoms with E-state index in [1.54, 1.807) is 12.1 Å². The Bertz CT molecular complexity index is 1090. The highest BCUT2D eigenvalue weighted by Crippen LogP contribution is 2.49. The highest BCUT2D eigenvalue weighted by molar-refractivity contribution is 6.23. The molecule has 0 aliphatic heterocycles. The van der Waals surface area contributed by atoms with Gasteiger partial charge in [-0.1, -0.05) is 36.4 Å². The van der Waals surface area contributed by atoms with Crippen molar-refractivity contribution in [3.05, 3.63) is 72.3 Å². The minimum absolute atomic E-state index is 0.245. The minimum Gasteiger partial charge on any atom is -0.207 e. The van der Waals surface area contributed by atoms with Gasteiger partial charge in [-0.3, -0.25) is 0 Å². The zero-order valence-electron chi connectivity index (χ0n) is 11.5. The summed E-state index contributed by atoms with van der Waals surface area (Å²) in [6.07, 6.45) is 0. The Morgan fingerprint density at radius 1 is 0.545 bits per heavy atom. The van der Waals surface area contributed by atoms with Gasteiger partial charge in [-0.25, -0.2) is 8.78 Å². The second-order valence-corrected chi connectivity index (χ2v) is 5.68. The quantitative estimate of drug-likeness (QED) is 0.310. The van der Waals surface area contributed by atoms with Crippen molar-refractivity contribution >= 4 is 21.5 Å². The predicted molar refractivity (Wildman–Crippen MR) is 85.8 cm³/mol. The van der Waals surface area contributed by atoms with E-state index in [9.17, 15) is 8.78 Å². The molecule has 0 unspecified atom stereocenters. The molecule has 0 amide bonds. The highest BCUT2D eigenvalue weighted by atomic mass is 19.1. The molecule has 0 saturated heterocycles. The molecule has 0 nitrogen and oxygen atoms in total. The molecule has 0 heterocycles. The van der Waals surface area contributed by atoms with Gasteiger partial charge in [0.05, 0.1) is 0 Å². The topological polar surface area (TPSA) is 0 Å². The van der Waals surface area contributed by atoms with Gasteiger partial charge in [0.1, 0.15) is 11.6 Å². The summed E-state index contributed by atoms with van der Waals surface area (Å²) in [5, 5.41) is 3.58. The molecule has 5 rings (SSSR count). The SMILES string of the molecule is Fc1ccc2c(c1)-c1cc3c(F)cccc3c3cccc-2c13. The van der Waals surface area contributed by atoms with Gasteiger partial charge in [0, 0.05) is 5.39 Å². The Balaban J connectivity index is 2.09. The van der Waals surface area contributed by atoms with Crippen molar-refractivity contribution in [1.82, 2.24) is 0 Å². The van der Waals surface area contributed by atoms with E-state index in [1.807, 2.05) is 30.3 Å².